The second kappa shape index (κ2) is 8.01. The molecule has 1 N–H and O–H groups in total. The molecule has 0 aromatic heterocycles. The molecule has 1 amide bonds. The number of carbonyl (C=O) groups is 2. The van der Waals surface area contributed by atoms with Crippen LogP contribution in [-0.4, -0.2) is 48.7 Å². The van der Waals surface area contributed by atoms with Crippen LogP contribution in [-0.2, 0) is 20.7 Å². The molecule has 6 heteroatoms. The number of rotatable bonds is 7. The number of carboxylic acids is 1. The number of halogens is 1. The lowest BCUT2D eigenvalue weighted by atomic mass is 10.1. The molecule has 0 unspecified atom stereocenters. The SMILES string of the molecule is COCCN(CC(=O)O)C(=O)Cc1ccc(C)c(Br)c1. The van der Waals surface area contributed by atoms with Crippen LogP contribution in [0.3, 0.4) is 0 Å². The minimum absolute atomic E-state index is 0.176. The highest BCUT2D eigenvalue weighted by molar-refractivity contribution is 9.10. The third-order valence-electron chi connectivity index (χ3n) is 2.84. The second-order valence-corrected chi connectivity index (χ2v) is 5.32. The summed E-state index contributed by atoms with van der Waals surface area (Å²) in [6, 6.07) is 5.67. The van der Waals surface area contributed by atoms with E-state index in [1.54, 1.807) is 0 Å². The lowest BCUT2D eigenvalue weighted by Crippen LogP contribution is -2.38. The van der Waals surface area contributed by atoms with Gasteiger partial charge >= 0.3 is 5.97 Å². The third kappa shape index (κ3) is 5.30. The van der Waals surface area contributed by atoms with Gasteiger partial charge in [-0.25, -0.2) is 0 Å². The summed E-state index contributed by atoms with van der Waals surface area (Å²) < 4.78 is 5.83. The second-order valence-electron chi connectivity index (χ2n) is 4.46. The first-order valence-electron chi connectivity index (χ1n) is 6.17. The van der Waals surface area contributed by atoms with Gasteiger partial charge in [-0.1, -0.05) is 28.1 Å². The first-order chi connectivity index (χ1) is 9.43. The van der Waals surface area contributed by atoms with Crippen LogP contribution in [0.1, 0.15) is 11.1 Å². The van der Waals surface area contributed by atoms with E-state index in [1.807, 2.05) is 25.1 Å². The van der Waals surface area contributed by atoms with Crippen molar-refractivity contribution < 1.29 is 19.4 Å². The number of carboxylic acid groups (broad SMARTS) is 1. The lowest BCUT2D eigenvalue weighted by Gasteiger charge is -2.20. The quantitative estimate of drug-likeness (QED) is 0.820. The normalized spacial score (nSPS) is 10.3. The van der Waals surface area contributed by atoms with Crippen molar-refractivity contribution in [1.29, 1.82) is 0 Å². The van der Waals surface area contributed by atoms with Gasteiger partial charge in [0.2, 0.25) is 5.91 Å². The van der Waals surface area contributed by atoms with Crippen LogP contribution in [0.15, 0.2) is 22.7 Å². The van der Waals surface area contributed by atoms with Gasteiger partial charge in [-0.3, -0.25) is 9.59 Å². The van der Waals surface area contributed by atoms with E-state index in [2.05, 4.69) is 15.9 Å². The summed E-state index contributed by atoms with van der Waals surface area (Å²) in [4.78, 5) is 24.2. The molecule has 110 valence electrons. The van der Waals surface area contributed by atoms with Crippen LogP contribution in [0.2, 0.25) is 0 Å². The molecule has 0 aliphatic rings. The number of hydrogen-bond acceptors (Lipinski definition) is 3. The molecule has 5 nitrogen and oxygen atoms in total. The van der Waals surface area contributed by atoms with E-state index in [0.29, 0.717) is 6.61 Å². The highest BCUT2D eigenvalue weighted by Crippen LogP contribution is 2.18. The van der Waals surface area contributed by atoms with Gasteiger partial charge < -0.3 is 14.7 Å². The van der Waals surface area contributed by atoms with Crippen molar-refractivity contribution in [3.63, 3.8) is 0 Å². The Hall–Kier alpha value is -1.40. The number of hydrogen-bond donors (Lipinski definition) is 1. The smallest absolute Gasteiger partial charge is 0.323 e. The molecule has 0 fully saturated rings. The van der Waals surface area contributed by atoms with E-state index in [4.69, 9.17) is 9.84 Å². The highest BCUT2D eigenvalue weighted by Gasteiger charge is 2.17. The summed E-state index contributed by atoms with van der Waals surface area (Å²) in [5, 5.41) is 8.84. The molecule has 20 heavy (non-hydrogen) atoms. The highest BCUT2D eigenvalue weighted by atomic mass is 79.9. The molecule has 1 rings (SSSR count). The largest absolute Gasteiger partial charge is 0.480 e. The van der Waals surface area contributed by atoms with Gasteiger partial charge in [0.25, 0.3) is 0 Å². The first-order valence-corrected chi connectivity index (χ1v) is 6.97. The fourth-order valence-electron chi connectivity index (χ4n) is 1.69. The Kier molecular flexibility index (Phi) is 6.67. The van der Waals surface area contributed by atoms with Crippen molar-refractivity contribution in [3.05, 3.63) is 33.8 Å². The van der Waals surface area contributed by atoms with Crippen molar-refractivity contribution in [2.45, 2.75) is 13.3 Å². The topological polar surface area (TPSA) is 66.8 Å². The van der Waals surface area contributed by atoms with Gasteiger partial charge in [0, 0.05) is 18.1 Å². The average molecular weight is 344 g/mol. The molecule has 0 aliphatic carbocycles. The average Bonchev–Trinajstić information content (AvgIpc) is 2.38. The van der Waals surface area contributed by atoms with Crippen molar-refractivity contribution >= 4 is 27.8 Å². The molecule has 0 atom stereocenters. The minimum atomic E-state index is -1.03. The van der Waals surface area contributed by atoms with Gasteiger partial charge in [0.05, 0.1) is 13.0 Å². The van der Waals surface area contributed by atoms with Crippen molar-refractivity contribution in [1.82, 2.24) is 4.90 Å². The van der Waals surface area contributed by atoms with Crippen molar-refractivity contribution in [2.24, 2.45) is 0 Å². The van der Waals surface area contributed by atoms with Crippen molar-refractivity contribution in [2.75, 3.05) is 26.8 Å². The Morgan fingerprint density at radius 1 is 1.40 bits per heavy atom. The van der Waals surface area contributed by atoms with E-state index >= 15 is 0 Å². The summed E-state index contributed by atoms with van der Waals surface area (Å²) in [6.07, 6.45) is 0.176. The summed E-state index contributed by atoms with van der Waals surface area (Å²) >= 11 is 3.42. The molecule has 0 saturated heterocycles. The van der Waals surface area contributed by atoms with E-state index in [1.165, 1.54) is 12.0 Å². The molecule has 1 aromatic rings. The van der Waals surface area contributed by atoms with Crippen LogP contribution in [0.4, 0.5) is 0 Å². The van der Waals surface area contributed by atoms with Gasteiger partial charge in [-0.05, 0) is 24.1 Å². The Labute approximate surface area is 126 Å². The van der Waals surface area contributed by atoms with Crippen LogP contribution in [0.5, 0.6) is 0 Å². The molecule has 0 bridgehead atoms. The molecule has 1 aromatic carbocycles. The maximum Gasteiger partial charge on any atom is 0.323 e. The zero-order chi connectivity index (χ0) is 15.1. The maximum atomic E-state index is 12.1. The summed E-state index contributed by atoms with van der Waals surface area (Å²) in [5.41, 5.74) is 1.93. The molecule has 0 aliphatic heterocycles. The fourth-order valence-corrected chi connectivity index (χ4v) is 2.12. The number of nitrogens with zero attached hydrogens (tertiary/aromatic N) is 1. The lowest BCUT2D eigenvalue weighted by molar-refractivity contribution is -0.144. The molecule has 0 radical (unpaired) electrons. The third-order valence-corrected chi connectivity index (χ3v) is 3.69. The van der Waals surface area contributed by atoms with Crippen LogP contribution in [0.25, 0.3) is 0 Å². The number of methoxy groups -OCH3 is 1. The van der Waals surface area contributed by atoms with E-state index in [9.17, 15) is 9.59 Å². The number of aryl methyl sites for hydroxylation is 1. The van der Waals surface area contributed by atoms with Crippen molar-refractivity contribution in [3.8, 4) is 0 Å². The first kappa shape index (κ1) is 16.7. The van der Waals surface area contributed by atoms with E-state index in [0.717, 1.165) is 15.6 Å². The fraction of sp³-hybridized carbons (Fsp3) is 0.429. The van der Waals surface area contributed by atoms with Gasteiger partial charge in [0.1, 0.15) is 6.54 Å². The van der Waals surface area contributed by atoms with Crippen LogP contribution < -0.4 is 0 Å². The van der Waals surface area contributed by atoms with E-state index < -0.39 is 5.97 Å². The summed E-state index contributed by atoms with van der Waals surface area (Å²) in [5.74, 6) is -1.25. The predicted molar refractivity (Wildman–Crippen MR) is 78.7 cm³/mol. The summed E-state index contributed by atoms with van der Waals surface area (Å²) in [7, 11) is 1.51. The zero-order valence-corrected chi connectivity index (χ0v) is 13.1. The van der Waals surface area contributed by atoms with Crippen LogP contribution in [0, 0.1) is 6.92 Å². The Bertz CT molecular complexity index is 490. The predicted octanol–water partition coefficient (Wildman–Crippen LogP) is 1.86. The molecular weight excluding hydrogens is 326 g/mol. The number of amides is 1. The summed E-state index contributed by atoms with van der Waals surface area (Å²) in [6.45, 7) is 2.24. The monoisotopic (exact) mass is 343 g/mol. The zero-order valence-electron chi connectivity index (χ0n) is 11.6. The number of ether oxygens (including phenoxy) is 1. The van der Waals surface area contributed by atoms with E-state index in [-0.39, 0.29) is 25.4 Å². The van der Waals surface area contributed by atoms with Crippen LogP contribution >= 0.6 is 15.9 Å². The number of aliphatic carboxylic acids is 1. The maximum absolute atomic E-state index is 12.1. The Balaban J connectivity index is 2.73. The minimum Gasteiger partial charge on any atom is -0.480 e. The molecule has 0 heterocycles. The molecule has 0 saturated carbocycles. The van der Waals surface area contributed by atoms with Gasteiger partial charge in [-0.2, -0.15) is 0 Å². The Morgan fingerprint density at radius 2 is 2.10 bits per heavy atom. The van der Waals surface area contributed by atoms with Gasteiger partial charge in [-0.15, -0.1) is 0 Å². The molecule has 0 spiro atoms. The standard InChI is InChI=1S/C14H18BrNO4/c1-10-3-4-11(7-12(10)15)8-13(17)16(5-6-20-2)9-14(18)19/h3-4,7H,5-6,8-9H2,1-2H3,(H,18,19). The van der Waals surface area contributed by atoms with Gasteiger partial charge in [0.15, 0.2) is 0 Å². The number of benzene rings is 1. The Morgan fingerprint density at radius 3 is 2.65 bits per heavy atom. The molecular formula is C14H18BrNO4. The number of carbonyl (C=O) groups excluding carboxylic acids is 1.